The van der Waals surface area contributed by atoms with Crippen molar-refractivity contribution in [3.8, 4) is 11.5 Å². The van der Waals surface area contributed by atoms with Crippen LogP contribution in [0.3, 0.4) is 0 Å². The van der Waals surface area contributed by atoms with Crippen LogP contribution in [-0.2, 0) is 9.59 Å². The second-order valence-electron chi connectivity index (χ2n) is 7.56. The Balaban J connectivity index is 1.59. The summed E-state index contributed by atoms with van der Waals surface area (Å²) in [7, 11) is 1.59. The number of likely N-dealkylation sites (tertiary alicyclic amines) is 1. The van der Waals surface area contributed by atoms with Gasteiger partial charge in [0.25, 0.3) is 0 Å². The van der Waals surface area contributed by atoms with Gasteiger partial charge in [0.2, 0.25) is 11.8 Å². The number of alkyl halides is 3. The van der Waals surface area contributed by atoms with E-state index in [1.807, 2.05) is 18.2 Å². The molecule has 1 N–H and O–H groups in total. The summed E-state index contributed by atoms with van der Waals surface area (Å²) in [6.45, 7) is 1.81. The van der Waals surface area contributed by atoms with Crippen LogP contribution in [0.4, 0.5) is 18.9 Å². The number of piperidine rings is 1. The Bertz CT molecular complexity index is 992. The van der Waals surface area contributed by atoms with Crippen LogP contribution >= 0.6 is 0 Å². The Hall–Kier alpha value is -3.23. The molecular weight excluding hydrogens is 401 g/mol. The minimum atomic E-state index is -4.80. The van der Waals surface area contributed by atoms with Crippen LogP contribution in [-0.4, -0.2) is 35.8 Å². The first kappa shape index (κ1) is 20.1. The van der Waals surface area contributed by atoms with Crippen LogP contribution in [0.2, 0.25) is 0 Å². The van der Waals surface area contributed by atoms with E-state index in [0.29, 0.717) is 12.2 Å². The average Bonchev–Trinajstić information content (AvgIpc) is 2.67. The van der Waals surface area contributed by atoms with E-state index < -0.39 is 29.7 Å². The monoisotopic (exact) mass is 420 g/mol. The van der Waals surface area contributed by atoms with E-state index in [2.05, 4.69) is 10.1 Å². The van der Waals surface area contributed by atoms with E-state index >= 15 is 0 Å². The lowest BCUT2D eigenvalue weighted by molar-refractivity contribution is -0.274. The third-order valence-electron chi connectivity index (χ3n) is 5.59. The van der Waals surface area contributed by atoms with E-state index in [0.717, 1.165) is 17.7 Å². The number of rotatable bonds is 3. The van der Waals surface area contributed by atoms with Gasteiger partial charge in [0.15, 0.2) is 5.72 Å². The largest absolute Gasteiger partial charge is 0.573 e. The number of hydrogen-bond acceptors (Lipinski definition) is 4. The normalized spacial score (nSPS) is 25.2. The molecule has 0 aliphatic carbocycles. The van der Waals surface area contributed by atoms with Crippen molar-refractivity contribution >= 4 is 17.5 Å². The maximum atomic E-state index is 13.0. The molecule has 2 aromatic rings. The minimum Gasteiger partial charge on any atom is -0.468 e. The molecule has 2 aromatic carbocycles. The van der Waals surface area contributed by atoms with Crippen LogP contribution in [0.15, 0.2) is 48.5 Å². The molecule has 9 heteroatoms. The molecule has 2 amide bonds. The van der Waals surface area contributed by atoms with Crippen molar-refractivity contribution in [2.24, 2.45) is 5.92 Å². The van der Waals surface area contributed by atoms with Crippen molar-refractivity contribution in [2.45, 2.75) is 31.3 Å². The fourth-order valence-corrected chi connectivity index (χ4v) is 4.05. The number of carbonyl (C=O) groups excluding carboxylic acids is 2. The molecule has 0 aromatic heterocycles. The topological polar surface area (TPSA) is 67.9 Å². The van der Waals surface area contributed by atoms with Crippen LogP contribution in [0.1, 0.15) is 24.8 Å². The summed E-state index contributed by atoms with van der Waals surface area (Å²) in [5.74, 6) is -2.04. The summed E-state index contributed by atoms with van der Waals surface area (Å²) in [4.78, 5) is 27.5. The fourth-order valence-electron chi connectivity index (χ4n) is 4.05. The number of fused-ring (bicyclic) bond motifs is 4. The maximum Gasteiger partial charge on any atom is 0.573 e. The quantitative estimate of drug-likeness (QED) is 0.765. The third-order valence-corrected chi connectivity index (χ3v) is 5.59. The maximum absolute atomic E-state index is 13.0. The molecule has 1 saturated heterocycles. The van der Waals surface area contributed by atoms with Gasteiger partial charge in [-0.25, -0.2) is 0 Å². The number of anilines is 1. The van der Waals surface area contributed by atoms with Gasteiger partial charge in [0.05, 0.1) is 0 Å². The van der Waals surface area contributed by atoms with Crippen LogP contribution < -0.4 is 14.8 Å². The molecule has 6 nitrogen and oxygen atoms in total. The molecule has 2 aliphatic heterocycles. The Morgan fingerprint density at radius 3 is 2.53 bits per heavy atom. The summed E-state index contributed by atoms with van der Waals surface area (Å²) in [6.07, 6.45) is -4.35. The van der Waals surface area contributed by atoms with Gasteiger partial charge in [-0.15, -0.1) is 13.2 Å². The van der Waals surface area contributed by atoms with Gasteiger partial charge in [-0.3, -0.25) is 9.59 Å². The molecule has 2 bridgehead atoms. The molecule has 0 saturated carbocycles. The van der Waals surface area contributed by atoms with Crippen LogP contribution in [0.25, 0.3) is 0 Å². The lowest BCUT2D eigenvalue weighted by atomic mass is 9.73. The second kappa shape index (κ2) is 6.93. The van der Waals surface area contributed by atoms with Crippen LogP contribution in [0.5, 0.6) is 11.5 Å². The highest BCUT2D eigenvalue weighted by molar-refractivity contribution is 6.08. The molecule has 30 heavy (non-hydrogen) atoms. The number of para-hydroxylation sites is 1. The number of carbonyl (C=O) groups is 2. The van der Waals surface area contributed by atoms with Gasteiger partial charge in [0, 0.05) is 25.1 Å². The molecule has 2 heterocycles. The molecular formula is C21H19F3N2O4. The molecule has 4 rings (SSSR count). The van der Waals surface area contributed by atoms with E-state index in [1.54, 1.807) is 20.0 Å². The first-order valence-electron chi connectivity index (χ1n) is 9.30. The van der Waals surface area contributed by atoms with E-state index in [9.17, 15) is 22.8 Å². The number of benzene rings is 2. The van der Waals surface area contributed by atoms with Gasteiger partial charge >= 0.3 is 6.36 Å². The Kier molecular flexibility index (Phi) is 4.63. The highest BCUT2D eigenvalue weighted by Gasteiger charge is 2.54. The molecule has 0 radical (unpaired) electrons. The number of nitrogens with one attached hydrogen (secondary N) is 1. The van der Waals surface area contributed by atoms with Crippen molar-refractivity contribution in [1.82, 2.24) is 4.90 Å². The molecule has 3 atom stereocenters. The van der Waals surface area contributed by atoms with Gasteiger partial charge in [-0.2, -0.15) is 0 Å². The highest BCUT2D eigenvalue weighted by atomic mass is 19.4. The molecule has 1 fully saturated rings. The number of nitrogens with zero attached hydrogens (tertiary/aromatic N) is 1. The van der Waals surface area contributed by atoms with E-state index in [4.69, 9.17) is 4.74 Å². The van der Waals surface area contributed by atoms with Crippen molar-refractivity contribution in [3.63, 3.8) is 0 Å². The Morgan fingerprint density at radius 2 is 1.87 bits per heavy atom. The predicted octanol–water partition coefficient (Wildman–Crippen LogP) is 3.89. The zero-order valence-corrected chi connectivity index (χ0v) is 16.2. The summed E-state index contributed by atoms with van der Waals surface area (Å²) >= 11 is 0. The van der Waals surface area contributed by atoms with E-state index in [-0.39, 0.29) is 17.5 Å². The summed E-state index contributed by atoms with van der Waals surface area (Å²) < 4.78 is 46.8. The molecule has 2 aliphatic rings. The van der Waals surface area contributed by atoms with Gasteiger partial charge in [0.1, 0.15) is 17.4 Å². The van der Waals surface area contributed by atoms with E-state index in [1.165, 1.54) is 17.0 Å². The van der Waals surface area contributed by atoms with Crippen molar-refractivity contribution in [3.05, 3.63) is 54.1 Å². The SMILES string of the molecule is CN1C(=O)C(C(=O)Nc2ccc(OC(F)(F)F)cc2)C2CC1(C)Oc1ccccc12. The number of amides is 2. The highest BCUT2D eigenvalue weighted by Crippen LogP contribution is 2.49. The summed E-state index contributed by atoms with van der Waals surface area (Å²) in [5, 5.41) is 2.64. The third kappa shape index (κ3) is 3.55. The molecule has 158 valence electrons. The second-order valence-corrected chi connectivity index (χ2v) is 7.56. The van der Waals surface area contributed by atoms with Crippen molar-refractivity contribution in [2.75, 3.05) is 12.4 Å². The number of halogens is 3. The Labute approximate surface area is 170 Å². The Morgan fingerprint density at radius 1 is 1.20 bits per heavy atom. The first-order valence-corrected chi connectivity index (χ1v) is 9.30. The zero-order chi connectivity index (χ0) is 21.7. The smallest absolute Gasteiger partial charge is 0.468 e. The van der Waals surface area contributed by atoms with Gasteiger partial charge < -0.3 is 19.7 Å². The number of ether oxygens (including phenoxy) is 2. The van der Waals surface area contributed by atoms with Gasteiger partial charge in [-0.05, 0) is 42.8 Å². The van der Waals surface area contributed by atoms with Crippen LogP contribution in [0, 0.1) is 5.92 Å². The fraction of sp³-hybridized carbons (Fsp3) is 0.333. The molecule has 0 spiro atoms. The minimum absolute atomic E-state index is 0.263. The van der Waals surface area contributed by atoms with Crippen molar-refractivity contribution in [1.29, 1.82) is 0 Å². The first-order chi connectivity index (χ1) is 14.1. The summed E-state index contributed by atoms with van der Waals surface area (Å²) in [6, 6.07) is 12.1. The summed E-state index contributed by atoms with van der Waals surface area (Å²) in [5.41, 5.74) is 0.188. The van der Waals surface area contributed by atoms with Gasteiger partial charge in [-0.1, -0.05) is 18.2 Å². The number of hydrogen-bond donors (Lipinski definition) is 1. The average molecular weight is 420 g/mol. The standard InChI is InChI=1S/C21H19F3N2O4/c1-20-11-15(14-5-3-4-6-16(14)30-20)17(19(28)26(20)2)18(27)25-12-7-9-13(10-8-12)29-21(22,23)24/h3-10,15,17H,11H2,1-2H3,(H,25,27). The zero-order valence-electron chi connectivity index (χ0n) is 16.2. The lowest BCUT2D eigenvalue weighted by Crippen LogP contribution is -2.62. The lowest BCUT2D eigenvalue weighted by Gasteiger charge is -2.51. The predicted molar refractivity (Wildman–Crippen MR) is 101 cm³/mol. The van der Waals surface area contributed by atoms with Crippen molar-refractivity contribution < 1.29 is 32.2 Å². The molecule has 3 unspecified atom stereocenters.